The number of halogens is 2. The number of aliphatic hydroxyl groups excluding tert-OH is 1. The van der Waals surface area contributed by atoms with E-state index in [-0.39, 0.29) is 31.4 Å². The highest BCUT2D eigenvalue weighted by atomic mass is 35.5. The minimum Gasteiger partial charge on any atom is -0.493 e. The van der Waals surface area contributed by atoms with Gasteiger partial charge in [0.15, 0.2) is 11.5 Å². The highest BCUT2D eigenvalue weighted by Gasteiger charge is 2.42. The maximum atomic E-state index is 10.5. The van der Waals surface area contributed by atoms with Crippen LogP contribution < -0.4 is 14.8 Å². The molecule has 0 radical (unpaired) electrons. The molecule has 5 rings (SSSR count). The second-order valence-corrected chi connectivity index (χ2v) is 10.3. The Kier molecular flexibility index (Phi) is 10.2. The van der Waals surface area contributed by atoms with E-state index in [4.69, 9.17) is 14.2 Å². The summed E-state index contributed by atoms with van der Waals surface area (Å²) in [5.41, 5.74) is 1.24. The number of benzene rings is 1. The van der Waals surface area contributed by atoms with Crippen molar-refractivity contribution in [1.29, 1.82) is 0 Å². The quantitative estimate of drug-likeness (QED) is 0.520. The van der Waals surface area contributed by atoms with Crippen molar-refractivity contribution in [2.45, 2.75) is 31.6 Å². The molecule has 2 bridgehead atoms. The van der Waals surface area contributed by atoms with Gasteiger partial charge in [0.1, 0.15) is 12.7 Å². The number of nitrogens with zero attached hydrogens (tertiary/aromatic N) is 2. The number of rotatable bonds is 9. The lowest BCUT2D eigenvalue weighted by Crippen LogP contribution is -2.45. The lowest BCUT2D eigenvalue weighted by molar-refractivity contribution is -0.0180. The Morgan fingerprint density at radius 3 is 2.21 bits per heavy atom. The fourth-order valence-corrected chi connectivity index (χ4v) is 6.61. The number of fused-ring (bicyclic) bond motifs is 3. The fourth-order valence-electron chi connectivity index (χ4n) is 6.61. The number of ether oxygens (including phenoxy) is 3. The van der Waals surface area contributed by atoms with Gasteiger partial charge in [0, 0.05) is 46.4 Å². The summed E-state index contributed by atoms with van der Waals surface area (Å²) in [6.07, 6.45) is 2.52. The van der Waals surface area contributed by atoms with Crippen molar-refractivity contribution in [3.05, 3.63) is 23.8 Å². The van der Waals surface area contributed by atoms with E-state index in [9.17, 15) is 5.11 Å². The molecule has 2 unspecified atom stereocenters. The van der Waals surface area contributed by atoms with E-state index in [1.165, 1.54) is 18.4 Å². The second-order valence-electron chi connectivity index (χ2n) is 10.3. The van der Waals surface area contributed by atoms with Crippen molar-refractivity contribution in [2.75, 3.05) is 66.6 Å². The molecule has 3 aliphatic heterocycles. The molecular formula is C25H41Cl2N3O4. The lowest BCUT2D eigenvalue weighted by Gasteiger charge is -2.37. The highest BCUT2D eigenvalue weighted by Crippen LogP contribution is 2.39. The molecule has 1 aromatic rings. The number of nitrogens with one attached hydrogen (secondary N) is 1. The second kappa shape index (κ2) is 12.4. The van der Waals surface area contributed by atoms with E-state index in [0.717, 1.165) is 63.4 Å². The van der Waals surface area contributed by atoms with Crippen LogP contribution in [0.15, 0.2) is 18.2 Å². The van der Waals surface area contributed by atoms with E-state index < -0.39 is 6.10 Å². The van der Waals surface area contributed by atoms with E-state index in [1.807, 2.05) is 13.2 Å². The van der Waals surface area contributed by atoms with E-state index in [0.29, 0.717) is 30.2 Å². The summed E-state index contributed by atoms with van der Waals surface area (Å²) < 4.78 is 17.3. The van der Waals surface area contributed by atoms with Crippen molar-refractivity contribution in [2.24, 2.45) is 23.7 Å². The van der Waals surface area contributed by atoms with E-state index in [2.05, 4.69) is 27.2 Å². The van der Waals surface area contributed by atoms with Crippen molar-refractivity contribution in [3.8, 4) is 11.5 Å². The van der Waals surface area contributed by atoms with Gasteiger partial charge in [-0.25, -0.2) is 0 Å². The number of hydrogen-bond donors (Lipinski definition) is 2. The van der Waals surface area contributed by atoms with Crippen molar-refractivity contribution in [3.63, 3.8) is 0 Å². The number of methoxy groups -OCH3 is 2. The van der Waals surface area contributed by atoms with Crippen LogP contribution in [0.2, 0.25) is 0 Å². The third kappa shape index (κ3) is 6.12. The third-order valence-electron chi connectivity index (χ3n) is 8.09. The van der Waals surface area contributed by atoms with Crippen LogP contribution in [0, 0.1) is 23.7 Å². The summed E-state index contributed by atoms with van der Waals surface area (Å²) in [4.78, 5) is 4.93. The topological polar surface area (TPSA) is 66.4 Å². The largest absolute Gasteiger partial charge is 0.493 e. The minimum atomic E-state index is -0.497. The number of aliphatic hydroxyl groups is 1. The monoisotopic (exact) mass is 517 g/mol. The van der Waals surface area contributed by atoms with Crippen LogP contribution in [0.1, 0.15) is 18.4 Å². The van der Waals surface area contributed by atoms with Crippen LogP contribution in [-0.2, 0) is 11.3 Å². The van der Waals surface area contributed by atoms with Gasteiger partial charge in [-0.15, -0.1) is 24.8 Å². The number of hydrogen-bond acceptors (Lipinski definition) is 7. The molecule has 4 fully saturated rings. The zero-order valence-corrected chi connectivity index (χ0v) is 22.0. The number of piperidine rings is 1. The van der Waals surface area contributed by atoms with Crippen molar-refractivity contribution >= 4 is 24.8 Å². The molecule has 3 saturated heterocycles. The van der Waals surface area contributed by atoms with Gasteiger partial charge in [-0.1, -0.05) is 6.07 Å². The van der Waals surface area contributed by atoms with Gasteiger partial charge in [0.2, 0.25) is 0 Å². The summed E-state index contributed by atoms with van der Waals surface area (Å²) in [6.45, 7) is 8.49. The first-order valence-electron chi connectivity index (χ1n) is 12.3. The van der Waals surface area contributed by atoms with Gasteiger partial charge >= 0.3 is 0 Å². The zero-order chi connectivity index (χ0) is 22.1. The Morgan fingerprint density at radius 2 is 1.59 bits per heavy atom. The summed E-state index contributed by atoms with van der Waals surface area (Å²) in [5, 5.41) is 14.0. The summed E-state index contributed by atoms with van der Waals surface area (Å²) >= 11 is 0. The first-order valence-corrected chi connectivity index (χ1v) is 12.3. The molecule has 1 aliphatic carbocycles. The first kappa shape index (κ1) is 27.8. The molecule has 4 aliphatic rings. The standard InChI is InChI=1S/C25H39N3O4.2ClH/c1-30-24-7-17(10-27-11-18-4-5-19(12-27)25(18)31-2)3-6-23(24)32-16-22(29)15-28-13-20-8-26-9-21(20)14-28;;/h3,6-7,18-22,25-26,29H,4-5,8-16H2,1-2H3;2*1H/t18-,19+,20-,21+,22?,25?;;. The van der Waals surface area contributed by atoms with Crippen LogP contribution >= 0.6 is 24.8 Å². The highest BCUT2D eigenvalue weighted by molar-refractivity contribution is 5.85. The predicted octanol–water partition coefficient (Wildman–Crippen LogP) is 2.29. The molecule has 0 amide bonds. The van der Waals surface area contributed by atoms with Crippen LogP contribution in [0.5, 0.6) is 11.5 Å². The molecule has 3 heterocycles. The van der Waals surface area contributed by atoms with Gasteiger partial charge in [0.25, 0.3) is 0 Å². The normalized spacial score (nSPS) is 31.4. The molecule has 9 heteroatoms. The SMILES string of the molecule is COc1cc(CN2C[C@H]3CC[C@@H](C2)C3OC)ccc1OCC(O)CN1C[C@H]2CNC[C@H]2C1.Cl.Cl. The van der Waals surface area contributed by atoms with Gasteiger partial charge in [0.05, 0.1) is 13.2 Å². The Labute approximate surface area is 216 Å². The predicted molar refractivity (Wildman–Crippen MR) is 138 cm³/mol. The van der Waals surface area contributed by atoms with Crippen LogP contribution in [0.4, 0.5) is 0 Å². The van der Waals surface area contributed by atoms with Crippen LogP contribution in [0.3, 0.4) is 0 Å². The molecule has 2 N–H and O–H groups in total. The van der Waals surface area contributed by atoms with E-state index in [1.54, 1.807) is 7.11 Å². The number of β-amino-alcohol motifs (C(OH)–C–C–N with tert-alkyl or cyclic N) is 1. The van der Waals surface area contributed by atoms with Gasteiger partial charge in [-0.3, -0.25) is 9.80 Å². The summed E-state index contributed by atoms with van der Waals surface area (Å²) in [7, 11) is 3.55. The maximum Gasteiger partial charge on any atom is 0.161 e. The Balaban J connectivity index is 0.00000162. The van der Waals surface area contributed by atoms with Gasteiger partial charge < -0.3 is 24.6 Å². The Bertz CT molecular complexity index is 763. The van der Waals surface area contributed by atoms with Crippen molar-refractivity contribution < 1.29 is 19.3 Å². The average molecular weight is 519 g/mol. The van der Waals surface area contributed by atoms with Crippen LogP contribution in [-0.4, -0.2) is 93.8 Å². The van der Waals surface area contributed by atoms with E-state index >= 15 is 0 Å². The molecule has 0 spiro atoms. The summed E-state index contributed by atoms with van der Waals surface area (Å²) in [6, 6.07) is 6.20. The van der Waals surface area contributed by atoms with Crippen LogP contribution in [0.25, 0.3) is 0 Å². The maximum absolute atomic E-state index is 10.5. The molecule has 6 atom stereocenters. The zero-order valence-electron chi connectivity index (χ0n) is 20.4. The first-order chi connectivity index (χ1) is 15.6. The lowest BCUT2D eigenvalue weighted by atomic mass is 9.94. The smallest absolute Gasteiger partial charge is 0.161 e. The molecule has 7 nitrogen and oxygen atoms in total. The van der Waals surface area contributed by atoms with Gasteiger partial charge in [-0.2, -0.15) is 0 Å². The molecular weight excluding hydrogens is 477 g/mol. The fraction of sp³-hybridized carbons (Fsp3) is 0.760. The third-order valence-corrected chi connectivity index (χ3v) is 8.09. The Hall–Kier alpha value is -0.800. The number of likely N-dealkylation sites (tertiary alicyclic amines) is 2. The average Bonchev–Trinajstić information content (AvgIpc) is 3.44. The molecule has 1 saturated carbocycles. The minimum absolute atomic E-state index is 0. The molecule has 34 heavy (non-hydrogen) atoms. The molecule has 1 aromatic carbocycles. The summed E-state index contributed by atoms with van der Waals surface area (Å²) in [5.74, 6) is 4.26. The molecule has 194 valence electrons. The van der Waals surface area contributed by atoms with Gasteiger partial charge in [-0.05, 0) is 67.3 Å². The molecule has 0 aromatic heterocycles. The Morgan fingerprint density at radius 1 is 0.941 bits per heavy atom. The van der Waals surface area contributed by atoms with Crippen molar-refractivity contribution in [1.82, 2.24) is 15.1 Å².